The van der Waals surface area contributed by atoms with Crippen LogP contribution in [-0.4, -0.2) is 37.2 Å². The molecule has 0 aromatic rings. The third-order valence-electron chi connectivity index (χ3n) is 10.8. The maximum atomic E-state index is 12.8. The smallest absolute Gasteiger partial charge is 0.306 e. The molecule has 0 spiro atoms. The molecule has 0 N–H and O–H groups in total. The van der Waals surface area contributed by atoms with E-state index in [-0.39, 0.29) is 31.1 Å². The molecule has 0 radical (unpaired) electrons. The fourth-order valence-corrected chi connectivity index (χ4v) is 6.97. The summed E-state index contributed by atoms with van der Waals surface area (Å²) in [4.78, 5) is 37.9. The summed E-state index contributed by atoms with van der Waals surface area (Å²) in [6, 6.07) is 0. The molecule has 0 bridgehead atoms. The average Bonchev–Trinajstić information content (AvgIpc) is 3.23. The van der Waals surface area contributed by atoms with Crippen LogP contribution in [0.25, 0.3) is 0 Å². The van der Waals surface area contributed by atoms with Gasteiger partial charge in [0.25, 0.3) is 0 Å². The number of esters is 3. The Morgan fingerprint density at radius 3 is 1.03 bits per heavy atom. The van der Waals surface area contributed by atoms with Gasteiger partial charge in [0.2, 0.25) is 0 Å². The van der Waals surface area contributed by atoms with Crippen LogP contribution in [0, 0.1) is 0 Å². The molecular formula is C53H94O6. The van der Waals surface area contributed by atoms with E-state index in [0.717, 1.165) is 83.5 Å². The van der Waals surface area contributed by atoms with E-state index in [4.69, 9.17) is 14.2 Å². The molecule has 1 atom stereocenters. The van der Waals surface area contributed by atoms with E-state index in [1.165, 1.54) is 128 Å². The number of allylic oxidation sites excluding steroid dienone is 8. The molecule has 0 heterocycles. The van der Waals surface area contributed by atoms with Crippen molar-refractivity contribution in [1.82, 2.24) is 0 Å². The van der Waals surface area contributed by atoms with Crippen LogP contribution >= 0.6 is 0 Å². The van der Waals surface area contributed by atoms with E-state index in [2.05, 4.69) is 69.4 Å². The molecule has 0 fully saturated rings. The molecule has 59 heavy (non-hydrogen) atoms. The first-order valence-electron chi connectivity index (χ1n) is 25.1. The van der Waals surface area contributed by atoms with Crippen molar-refractivity contribution in [3.05, 3.63) is 48.6 Å². The topological polar surface area (TPSA) is 78.9 Å². The first kappa shape index (κ1) is 56.4. The summed E-state index contributed by atoms with van der Waals surface area (Å²) in [7, 11) is 0. The molecule has 6 nitrogen and oxygen atoms in total. The minimum Gasteiger partial charge on any atom is -0.462 e. The second-order valence-electron chi connectivity index (χ2n) is 16.7. The summed E-state index contributed by atoms with van der Waals surface area (Å²) in [5, 5.41) is 0. The van der Waals surface area contributed by atoms with Gasteiger partial charge in [-0.3, -0.25) is 14.4 Å². The number of ether oxygens (including phenoxy) is 3. The summed E-state index contributed by atoms with van der Waals surface area (Å²) >= 11 is 0. The summed E-state index contributed by atoms with van der Waals surface area (Å²) in [6.07, 6.45) is 56.6. The van der Waals surface area contributed by atoms with Gasteiger partial charge in [0.15, 0.2) is 6.10 Å². The number of hydrogen-bond acceptors (Lipinski definition) is 6. The van der Waals surface area contributed by atoms with Crippen molar-refractivity contribution >= 4 is 17.9 Å². The quantitative estimate of drug-likeness (QED) is 0.0263. The fourth-order valence-electron chi connectivity index (χ4n) is 6.97. The molecular weight excluding hydrogens is 733 g/mol. The number of rotatable bonds is 45. The third-order valence-corrected chi connectivity index (χ3v) is 10.8. The molecule has 0 saturated carbocycles. The van der Waals surface area contributed by atoms with Gasteiger partial charge in [0.1, 0.15) is 13.2 Å². The van der Waals surface area contributed by atoms with Crippen molar-refractivity contribution in [1.29, 1.82) is 0 Å². The zero-order valence-electron chi connectivity index (χ0n) is 39.0. The van der Waals surface area contributed by atoms with Crippen molar-refractivity contribution in [3.63, 3.8) is 0 Å². The highest BCUT2D eigenvalue weighted by Crippen LogP contribution is 2.14. The Morgan fingerprint density at radius 2 is 0.610 bits per heavy atom. The molecule has 0 amide bonds. The van der Waals surface area contributed by atoms with Crippen molar-refractivity contribution in [2.45, 2.75) is 258 Å². The van der Waals surface area contributed by atoms with Gasteiger partial charge in [-0.2, -0.15) is 0 Å². The van der Waals surface area contributed by atoms with Crippen LogP contribution in [0.15, 0.2) is 48.6 Å². The van der Waals surface area contributed by atoms with Crippen LogP contribution in [0.3, 0.4) is 0 Å². The van der Waals surface area contributed by atoms with E-state index < -0.39 is 6.10 Å². The number of unbranched alkanes of at least 4 members (excludes halogenated alkanes) is 26. The average molecular weight is 827 g/mol. The molecule has 0 unspecified atom stereocenters. The van der Waals surface area contributed by atoms with Crippen molar-refractivity contribution in [3.8, 4) is 0 Å². The molecule has 0 saturated heterocycles. The number of carbonyl (C=O) groups excluding carboxylic acids is 3. The van der Waals surface area contributed by atoms with Gasteiger partial charge in [-0.15, -0.1) is 0 Å². The zero-order valence-corrected chi connectivity index (χ0v) is 39.0. The van der Waals surface area contributed by atoms with Crippen molar-refractivity contribution in [2.75, 3.05) is 13.2 Å². The summed E-state index contributed by atoms with van der Waals surface area (Å²) in [6.45, 7) is 6.56. The van der Waals surface area contributed by atoms with Crippen LogP contribution in [0.2, 0.25) is 0 Å². The van der Waals surface area contributed by atoms with Gasteiger partial charge in [-0.1, -0.05) is 198 Å². The maximum Gasteiger partial charge on any atom is 0.306 e. The van der Waals surface area contributed by atoms with Gasteiger partial charge >= 0.3 is 17.9 Å². The highest BCUT2D eigenvalue weighted by molar-refractivity contribution is 5.71. The van der Waals surface area contributed by atoms with Gasteiger partial charge in [0.05, 0.1) is 0 Å². The molecule has 0 aromatic heterocycles. The van der Waals surface area contributed by atoms with E-state index in [1.54, 1.807) is 0 Å². The van der Waals surface area contributed by atoms with Crippen molar-refractivity contribution < 1.29 is 28.6 Å². The molecule has 0 aliphatic heterocycles. The second kappa shape index (κ2) is 48.0. The highest BCUT2D eigenvalue weighted by Gasteiger charge is 2.19. The van der Waals surface area contributed by atoms with Gasteiger partial charge in [-0.25, -0.2) is 0 Å². The third kappa shape index (κ3) is 46.3. The summed E-state index contributed by atoms with van der Waals surface area (Å²) < 4.78 is 16.7. The predicted molar refractivity (Wildman–Crippen MR) is 252 cm³/mol. The first-order chi connectivity index (χ1) is 29.0. The van der Waals surface area contributed by atoms with E-state index in [9.17, 15) is 14.4 Å². The van der Waals surface area contributed by atoms with Crippen LogP contribution in [0.4, 0.5) is 0 Å². The molecule has 0 rings (SSSR count). The van der Waals surface area contributed by atoms with Crippen LogP contribution in [0.5, 0.6) is 0 Å². The van der Waals surface area contributed by atoms with E-state index >= 15 is 0 Å². The normalized spacial score (nSPS) is 12.4. The monoisotopic (exact) mass is 827 g/mol. The van der Waals surface area contributed by atoms with Crippen LogP contribution in [-0.2, 0) is 28.6 Å². The SMILES string of the molecule is CCCCC/C=C\C/C=C\C/C=C\CCCCC(=O)OC[C@@H](COC(=O)CCCCCCCCCCCCCC)OC(=O)CCCCCCC/C=C\CCCCCCC. The van der Waals surface area contributed by atoms with Crippen LogP contribution in [0.1, 0.15) is 252 Å². The Bertz CT molecular complexity index is 1040. The lowest BCUT2D eigenvalue weighted by molar-refractivity contribution is -0.167. The maximum absolute atomic E-state index is 12.8. The van der Waals surface area contributed by atoms with Gasteiger partial charge in [0, 0.05) is 19.3 Å². The lowest BCUT2D eigenvalue weighted by Gasteiger charge is -2.18. The Kier molecular flexibility index (Phi) is 45.9. The van der Waals surface area contributed by atoms with Crippen molar-refractivity contribution in [2.24, 2.45) is 0 Å². The number of carbonyl (C=O) groups is 3. The zero-order chi connectivity index (χ0) is 43.0. The lowest BCUT2D eigenvalue weighted by atomic mass is 10.0. The molecule has 0 aromatic carbocycles. The van der Waals surface area contributed by atoms with E-state index in [0.29, 0.717) is 19.3 Å². The molecule has 0 aliphatic carbocycles. The Labute approximate surface area is 365 Å². The second-order valence-corrected chi connectivity index (χ2v) is 16.7. The molecule has 0 aliphatic rings. The minimum absolute atomic E-state index is 0.0865. The standard InChI is InChI=1S/C53H94O6/c1-4-7-10-13-16-19-22-25-27-29-31-34-37-40-43-46-52(55)58-49-50(48-57-51(54)45-42-39-36-33-30-24-21-18-15-12-9-6-3)59-53(56)47-44-41-38-35-32-28-26-23-20-17-14-11-8-5-2/h16,19,23,25-27,31,34,50H,4-15,17-18,20-22,24,28-30,32-33,35-49H2,1-3H3/b19-16-,26-23-,27-25-,34-31-/t50-/m1/s1. The Hall–Kier alpha value is -2.63. The summed E-state index contributed by atoms with van der Waals surface area (Å²) in [5.41, 5.74) is 0. The highest BCUT2D eigenvalue weighted by atomic mass is 16.6. The first-order valence-corrected chi connectivity index (χ1v) is 25.1. The predicted octanol–water partition coefficient (Wildman–Crippen LogP) is 16.3. The molecule has 6 heteroatoms. The summed E-state index contributed by atoms with van der Waals surface area (Å²) in [5.74, 6) is -0.930. The van der Waals surface area contributed by atoms with E-state index in [1.807, 2.05) is 0 Å². The Morgan fingerprint density at radius 1 is 0.339 bits per heavy atom. The van der Waals surface area contributed by atoms with Gasteiger partial charge < -0.3 is 14.2 Å². The van der Waals surface area contributed by atoms with Crippen LogP contribution < -0.4 is 0 Å². The largest absolute Gasteiger partial charge is 0.462 e. The Balaban J connectivity index is 4.44. The number of hydrogen-bond donors (Lipinski definition) is 0. The lowest BCUT2D eigenvalue weighted by Crippen LogP contribution is -2.30. The fraction of sp³-hybridized carbons (Fsp3) is 0.792. The molecule has 342 valence electrons. The minimum atomic E-state index is -0.789. The van der Waals surface area contributed by atoms with Gasteiger partial charge in [-0.05, 0) is 83.5 Å².